The quantitative estimate of drug-likeness (QED) is 0.342. The van der Waals surface area contributed by atoms with E-state index in [0.29, 0.717) is 22.7 Å². The van der Waals surface area contributed by atoms with Gasteiger partial charge in [-0.05, 0) is 54.1 Å². The predicted octanol–water partition coefficient (Wildman–Crippen LogP) is 2.62. The number of amides is 2. The van der Waals surface area contributed by atoms with Crippen molar-refractivity contribution in [2.75, 3.05) is 29.0 Å². The second kappa shape index (κ2) is 11.6. The van der Waals surface area contributed by atoms with Gasteiger partial charge in [-0.15, -0.1) is 0 Å². The van der Waals surface area contributed by atoms with Gasteiger partial charge in [-0.3, -0.25) is 13.9 Å². The summed E-state index contributed by atoms with van der Waals surface area (Å²) in [5.74, 6) is -0.371. The second-order valence-corrected chi connectivity index (χ2v) is 9.08. The molecule has 0 radical (unpaired) electrons. The topological polar surface area (TPSA) is 117 Å². The molecule has 176 valence electrons. The molecule has 0 heterocycles. The van der Waals surface area contributed by atoms with Crippen LogP contribution in [0.4, 0.5) is 11.4 Å². The van der Waals surface area contributed by atoms with Gasteiger partial charge < -0.3 is 10.1 Å². The Bertz CT molecular complexity index is 1230. The minimum absolute atomic E-state index is 0.142. The van der Waals surface area contributed by atoms with E-state index in [4.69, 9.17) is 4.74 Å². The van der Waals surface area contributed by atoms with Crippen LogP contribution in [0.15, 0.2) is 90.0 Å². The fraction of sp³-hybridized carbons (Fsp3) is 0.125. The van der Waals surface area contributed by atoms with Gasteiger partial charge in [0, 0.05) is 5.69 Å². The van der Waals surface area contributed by atoms with Crippen molar-refractivity contribution in [3.05, 3.63) is 90.5 Å². The molecule has 0 aliphatic rings. The molecule has 0 saturated heterocycles. The minimum atomic E-state index is -3.65. The van der Waals surface area contributed by atoms with Crippen LogP contribution in [0.2, 0.25) is 0 Å². The van der Waals surface area contributed by atoms with Crippen LogP contribution < -0.4 is 19.8 Å². The fourth-order valence-corrected chi connectivity index (χ4v) is 3.71. The van der Waals surface area contributed by atoms with Gasteiger partial charge in [-0.2, -0.15) is 5.10 Å². The lowest BCUT2D eigenvalue weighted by Crippen LogP contribution is -2.38. The SMILES string of the molecule is CS(=O)(=O)N(CC(=O)N/N=C\c1ccc(OCC(=O)Nc2ccccc2)cc1)c1ccccc1. The van der Waals surface area contributed by atoms with Crippen LogP contribution in [-0.2, 0) is 19.6 Å². The third-order valence-electron chi connectivity index (χ3n) is 4.44. The van der Waals surface area contributed by atoms with Crippen molar-refractivity contribution >= 4 is 39.4 Å². The lowest BCUT2D eigenvalue weighted by molar-refractivity contribution is -0.119. The van der Waals surface area contributed by atoms with Gasteiger partial charge in [0.15, 0.2) is 6.61 Å². The van der Waals surface area contributed by atoms with E-state index >= 15 is 0 Å². The predicted molar refractivity (Wildman–Crippen MR) is 131 cm³/mol. The van der Waals surface area contributed by atoms with Crippen LogP contribution in [0, 0.1) is 0 Å². The zero-order valence-corrected chi connectivity index (χ0v) is 19.2. The van der Waals surface area contributed by atoms with E-state index in [1.54, 1.807) is 66.7 Å². The van der Waals surface area contributed by atoms with Crippen LogP contribution in [0.5, 0.6) is 5.75 Å². The Morgan fingerprint density at radius 2 is 1.53 bits per heavy atom. The number of para-hydroxylation sites is 2. The number of rotatable bonds is 10. The normalized spacial score (nSPS) is 11.1. The lowest BCUT2D eigenvalue weighted by Gasteiger charge is -2.21. The number of hydrazone groups is 1. The summed E-state index contributed by atoms with van der Waals surface area (Å²) in [7, 11) is -3.65. The van der Waals surface area contributed by atoms with Crippen molar-refractivity contribution in [3.8, 4) is 5.75 Å². The van der Waals surface area contributed by atoms with Gasteiger partial charge in [0.2, 0.25) is 10.0 Å². The number of hydrogen-bond acceptors (Lipinski definition) is 6. The number of hydrogen-bond donors (Lipinski definition) is 2. The summed E-state index contributed by atoms with van der Waals surface area (Å²) in [4.78, 5) is 24.2. The Balaban J connectivity index is 1.48. The summed E-state index contributed by atoms with van der Waals surface area (Å²) in [6.07, 6.45) is 2.45. The van der Waals surface area contributed by atoms with Gasteiger partial charge in [0.05, 0.1) is 18.2 Å². The summed E-state index contributed by atoms with van der Waals surface area (Å²) in [5.41, 5.74) is 4.07. The molecule has 3 rings (SSSR count). The number of carbonyl (C=O) groups excluding carboxylic acids is 2. The number of carbonyl (C=O) groups is 2. The van der Waals surface area contributed by atoms with Crippen LogP contribution >= 0.6 is 0 Å². The van der Waals surface area contributed by atoms with E-state index in [-0.39, 0.29) is 12.5 Å². The summed E-state index contributed by atoms with van der Waals surface area (Å²) in [6.45, 7) is -0.547. The van der Waals surface area contributed by atoms with E-state index in [9.17, 15) is 18.0 Å². The number of ether oxygens (including phenoxy) is 1. The lowest BCUT2D eigenvalue weighted by atomic mass is 10.2. The molecule has 0 atom stereocenters. The number of anilines is 2. The first-order valence-corrected chi connectivity index (χ1v) is 12.1. The number of nitrogens with one attached hydrogen (secondary N) is 2. The molecule has 2 amide bonds. The maximum atomic E-state index is 12.2. The molecular formula is C24H24N4O5S. The molecule has 3 aromatic carbocycles. The highest BCUT2D eigenvalue weighted by Gasteiger charge is 2.20. The maximum Gasteiger partial charge on any atom is 0.262 e. The zero-order valence-electron chi connectivity index (χ0n) is 18.4. The molecular weight excluding hydrogens is 456 g/mol. The molecule has 2 N–H and O–H groups in total. The highest BCUT2D eigenvalue weighted by atomic mass is 32.2. The highest BCUT2D eigenvalue weighted by Crippen LogP contribution is 2.16. The Labute approximate surface area is 198 Å². The minimum Gasteiger partial charge on any atom is -0.484 e. The Morgan fingerprint density at radius 1 is 0.912 bits per heavy atom. The number of benzene rings is 3. The average Bonchev–Trinajstić information content (AvgIpc) is 2.82. The second-order valence-electron chi connectivity index (χ2n) is 7.17. The molecule has 34 heavy (non-hydrogen) atoms. The van der Waals surface area contributed by atoms with E-state index in [0.717, 1.165) is 10.6 Å². The molecule has 0 aromatic heterocycles. The molecule has 9 nitrogen and oxygen atoms in total. The Hall–Kier alpha value is -4.18. The molecule has 0 fully saturated rings. The van der Waals surface area contributed by atoms with E-state index in [1.165, 1.54) is 6.21 Å². The van der Waals surface area contributed by atoms with Crippen molar-refractivity contribution in [3.63, 3.8) is 0 Å². The molecule has 0 unspecified atom stereocenters. The third-order valence-corrected chi connectivity index (χ3v) is 5.58. The van der Waals surface area contributed by atoms with E-state index in [1.807, 2.05) is 18.2 Å². The first kappa shape index (κ1) is 24.5. The van der Waals surface area contributed by atoms with Crippen molar-refractivity contribution in [1.29, 1.82) is 0 Å². The molecule has 0 aliphatic heterocycles. The van der Waals surface area contributed by atoms with Crippen molar-refractivity contribution < 1.29 is 22.7 Å². The van der Waals surface area contributed by atoms with Gasteiger partial charge in [-0.25, -0.2) is 13.8 Å². The Morgan fingerprint density at radius 3 is 2.15 bits per heavy atom. The molecule has 0 spiro atoms. The number of nitrogens with zero attached hydrogens (tertiary/aromatic N) is 2. The molecule has 0 bridgehead atoms. The van der Waals surface area contributed by atoms with E-state index in [2.05, 4.69) is 15.8 Å². The van der Waals surface area contributed by atoms with E-state index < -0.39 is 22.5 Å². The van der Waals surface area contributed by atoms with Crippen molar-refractivity contribution in [1.82, 2.24) is 5.43 Å². The largest absolute Gasteiger partial charge is 0.484 e. The van der Waals surface area contributed by atoms with Crippen molar-refractivity contribution in [2.45, 2.75) is 0 Å². The summed E-state index contributed by atoms with van der Waals surface area (Å²) >= 11 is 0. The molecule has 0 saturated carbocycles. The van der Waals surface area contributed by atoms with Crippen LogP contribution in [0.3, 0.4) is 0 Å². The van der Waals surface area contributed by atoms with Crippen LogP contribution in [-0.4, -0.2) is 45.9 Å². The Kier molecular flexibility index (Phi) is 8.36. The van der Waals surface area contributed by atoms with Crippen LogP contribution in [0.25, 0.3) is 0 Å². The monoisotopic (exact) mass is 480 g/mol. The average molecular weight is 481 g/mol. The molecule has 10 heteroatoms. The number of sulfonamides is 1. The first-order valence-electron chi connectivity index (χ1n) is 10.2. The highest BCUT2D eigenvalue weighted by molar-refractivity contribution is 7.92. The maximum absolute atomic E-state index is 12.2. The molecule has 3 aromatic rings. The van der Waals surface area contributed by atoms with Crippen LogP contribution in [0.1, 0.15) is 5.56 Å². The third kappa shape index (κ3) is 7.75. The standard InChI is InChI=1S/C24H24N4O5S/c1-34(31,32)28(21-10-6-3-7-11-21)17-23(29)27-25-16-19-12-14-22(15-13-19)33-18-24(30)26-20-8-4-2-5-9-20/h2-16H,17-18H2,1H3,(H,26,30)(H,27,29)/b25-16-. The summed E-state index contributed by atoms with van der Waals surface area (Å²) < 4.78 is 30.6. The van der Waals surface area contributed by atoms with Gasteiger partial charge in [-0.1, -0.05) is 36.4 Å². The first-order chi connectivity index (χ1) is 16.3. The van der Waals surface area contributed by atoms with Gasteiger partial charge in [0.1, 0.15) is 12.3 Å². The van der Waals surface area contributed by atoms with Crippen molar-refractivity contribution in [2.24, 2.45) is 5.10 Å². The van der Waals surface area contributed by atoms with Gasteiger partial charge >= 0.3 is 0 Å². The smallest absolute Gasteiger partial charge is 0.262 e. The summed E-state index contributed by atoms with van der Waals surface area (Å²) in [5, 5.41) is 6.60. The fourth-order valence-electron chi connectivity index (χ4n) is 2.86. The molecule has 0 aliphatic carbocycles. The zero-order chi connectivity index (χ0) is 24.4. The summed E-state index contributed by atoms with van der Waals surface area (Å²) in [6, 6.07) is 24.1. The van der Waals surface area contributed by atoms with Gasteiger partial charge in [0.25, 0.3) is 11.8 Å².